The molecule has 1 aliphatic rings. The van der Waals surface area contributed by atoms with Gasteiger partial charge in [-0.1, -0.05) is 6.08 Å². The number of carboxylic acids is 2. The van der Waals surface area contributed by atoms with Crippen molar-refractivity contribution in [1.29, 1.82) is 0 Å². The molecule has 0 spiro atoms. The summed E-state index contributed by atoms with van der Waals surface area (Å²) in [5, 5.41) is 19.9. The minimum absolute atomic E-state index is 0.00159. The average molecular weight is 282 g/mol. The highest BCUT2D eigenvalue weighted by atomic mass is 16.4. The van der Waals surface area contributed by atoms with Crippen LogP contribution in [0.5, 0.6) is 0 Å². The predicted molar refractivity (Wildman–Crippen MR) is 71.5 cm³/mol. The van der Waals surface area contributed by atoms with Gasteiger partial charge in [0.15, 0.2) is 0 Å². The van der Waals surface area contributed by atoms with Crippen LogP contribution in [0.3, 0.4) is 0 Å². The van der Waals surface area contributed by atoms with Crippen LogP contribution < -0.4 is 5.32 Å². The molecule has 3 N–H and O–H groups in total. The molecule has 0 bridgehead atoms. The Morgan fingerprint density at radius 3 is 2.55 bits per heavy atom. The lowest BCUT2D eigenvalue weighted by atomic mass is 10.1. The van der Waals surface area contributed by atoms with Crippen LogP contribution in [0, 0.1) is 0 Å². The van der Waals surface area contributed by atoms with Crippen molar-refractivity contribution in [1.82, 2.24) is 5.32 Å². The Balaban J connectivity index is 2.44. The van der Waals surface area contributed by atoms with Crippen molar-refractivity contribution in [2.24, 2.45) is 4.99 Å². The Bertz CT molecular complexity index is 442. The van der Waals surface area contributed by atoms with E-state index in [1.165, 1.54) is 0 Å². The molecule has 0 saturated carbocycles. The summed E-state index contributed by atoms with van der Waals surface area (Å²) in [7, 11) is 0. The molecule has 1 atom stereocenters. The number of aliphatic carboxylic acids is 2. The molecule has 0 saturated heterocycles. The summed E-state index contributed by atoms with van der Waals surface area (Å²) >= 11 is 0. The third kappa shape index (κ3) is 6.12. The first kappa shape index (κ1) is 15.9. The number of hydrogen-bond acceptors (Lipinski definition) is 4. The standard InChI is InChI=1S/C13H18N2O5/c16-11(5-3-6-12(17)18)15-10(13(19)20)8-9-4-1-2-7-14-9/h4,7,10H,1-3,5-6,8H2,(H,15,16)(H,17,18)(H,19,20). The van der Waals surface area contributed by atoms with Crippen molar-refractivity contribution >= 4 is 24.1 Å². The summed E-state index contributed by atoms with van der Waals surface area (Å²) in [4.78, 5) is 37.1. The fraction of sp³-hybridized carbons (Fsp3) is 0.538. The highest BCUT2D eigenvalue weighted by Gasteiger charge is 2.21. The van der Waals surface area contributed by atoms with Gasteiger partial charge >= 0.3 is 11.9 Å². The second-order valence-corrected chi connectivity index (χ2v) is 4.49. The molecule has 0 aromatic heterocycles. The van der Waals surface area contributed by atoms with Crippen LogP contribution >= 0.6 is 0 Å². The van der Waals surface area contributed by atoms with Gasteiger partial charge in [-0.2, -0.15) is 0 Å². The minimum atomic E-state index is -1.13. The molecule has 0 radical (unpaired) electrons. The molecule has 20 heavy (non-hydrogen) atoms. The van der Waals surface area contributed by atoms with Gasteiger partial charge in [-0.05, 0) is 19.3 Å². The zero-order valence-electron chi connectivity index (χ0n) is 11.0. The van der Waals surface area contributed by atoms with E-state index in [0.29, 0.717) is 5.70 Å². The number of carbonyl (C=O) groups excluding carboxylic acids is 1. The van der Waals surface area contributed by atoms with Gasteiger partial charge in [-0.15, -0.1) is 0 Å². The summed E-state index contributed by atoms with van der Waals surface area (Å²) in [6.07, 6.45) is 5.44. The van der Waals surface area contributed by atoms with Gasteiger partial charge in [0.25, 0.3) is 0 Å². The fourth-order valence-corrected chi connectivity index (χ4v) is 1.77. The van der Waals surface area contributed by atoms with E-state index in [-0.39, 0.29) is 25.7 Å². The van der Waals surface area contributed by atoms with Crippen molar-refractivity contribution in [3.63, 3.8) is 0 Å². The first-order valence-corrected chi connectivity index (χ1v) is 6.44. The number of amides is 1. The molecule has 1 amide bonds. The van der Waals surface area contributed by atoms with E-state index in [0.717, 1.165) is 12.8 Å². The maximum atomic E-state index is 11.6. The summed E-state index contributed by atoms with van der Waals surface area (Å²) in [6, 6.07) is -1.03. The number of allylic oxidation sites excluding steroid dienone is 1. The van der Waals surface area contributed by atoms with E-state index in [2.05, 4.69) is 10.3 Å². The number of aliphatic imine (C=N–C) groups is 1. The van der Waals surface area contributed by atoms with Crippen molar-refractivity contribution < 1.29 is 24.6 Å². The number of nitrogens with one attached hydrogen (secondary N) is 1. The average Bonchev–Trinajstić information content (AvgIpc) is 2.38. The third-order valence-corrected chi connectivity index (χ3v) is 2.77. The Hall–Kier alpha value is -2.18. The molecule has 1 aliphatic heterocycles. The fourth-order valence-electron chi connectivity index (χ4n) is 1.77. The second kappa shape index (κ2) is 8.08. The number of carboxylic acid groups (broad SMARTS) is 2. The highest BCUT2D eigenvalue weighted by Crippen LogP contribution is 2.13. The van der Waals surface area contributed by atoms with Crippen LogP contribution in [0.1, 0.15) is 38.5 Å². The summed E-state index contributed by atoms with van der Waals surface area (Å²) in [6.45, 7) is 0. The molecule has 0 fully saturated rings. The van der Waals surface area contributed by atoms with E-state index in [4.69, 9.17) is 10.2 Å². The normalized spacial score (nSPS) is 15.3. The molecule has 0 aromatic rings. The van der Waals surface area contributed by atoms with Crippen LogP contribution in [0.4, 0.5) is 0 Å². The Kier molecular flexibility index (Phi) is 6.42. The smallest absolute Gasteiger partial charge is 0.326 e. The zero-order valence-corrected chi connectivity index (χ0v) is 11.0. The lowest BCUT2D eigenvalue weighted by molar-refractivity contribution is -0.142. The Morgan fingerprint density at radius 1 is 1.25 bits per heavy atom. The number of nitrogens with zero attached hydrogens (tertiary/aromatic N) is 1. The maximum Gasteiger partial charge on any atom is 0.326 e. The molecular weight excluding hydrogens is 264 g/mol. The van der Waals surface area contributed by atoms with Crippen molar-refractivity contribution in [3.05, 3.63) is 11.8 Å². The van der Waals surface area contributed by atoms with Gasteiger partial charge in [-0.3, -0.25) is 14.6 Å². The highest BCUT2D eigenvalue weighted by molar-refractivity contribution is 5.84. The van der Waals surface area contributed by atoms with E-state index in [9.17, 15) is 14.4 Å². The largest absolute Gasteiger partial charge is 0.481 e. The first-order chi connectivity index (χ1) is 9.49. The van der Waals surface area contributed by atoms with Crippen LogP contribution in [-0.2, 0) is 14.4 Å². The van der Waals surface area contributed by atoms with Crippen LogP contribution in [-0.4, -0.2) is 40.3 Å². The van der Waals surface area contributed by atoms with E-state index in [1.54, 1.807) is 6.21 Å². The van der Waals surface area contributed by atoms with E-state index < -0.39 is 23.9 Å². The van der Waals surface area contributed by atoms with Gasteiger partial charge in [0, 0.05) is 31.2 Å². The van der Waals surface area contributed by atoms with Crippen LogP contribution in [0.15, 0.2) is 16.8 Å². The third-order valence-electron chi connectivity index (χ3n) is 2.77. The predicted octanol–water partition coefficient (Wildman–Crippen LogP) is 0.949. The van der Waals surface area contributed by atoms with Crippen LogP contribution in [0.2, 0.25) is 0 Å². The number of rotatable bonds is 8. The molecule has 1 unspecified atom stereocenters. The van der Waals surface area contributed by atoms with Crippen molar-refractivity contribution in [3.8, 4) is 0 Å². The lowest BCUT2D eigenvalue weighted by Crippen LogP contribution is -2.41. The zero-order chi connectivity index (χ0) is 15.0. The topological polar surface area (TPSA) is 116 Å². The lowest BCUT2D eigenvalue weighted by Gasteiger charge is -2.15. The Labute approximate surface area is 116 Å². The van der Waals surface area contributed by atoms with Gasteiger partial charge < -0.3 is 15.5 Å². The van der Waals surface area contributed by atoms with E-state index in [1.807, 2.05) is 6.08 Å². The molecule has 7 nitrogen and oxygen atoms in total. The maximum absolute atomic E-state index is 11.6. The quantitative estimate of drug-likeness (QED) is 0.613. The molecular formula is C13H18N2O5. The van der Waals surface area contributed by atoms with Gasteiger partial charge in [0.1, 0.15) is 6.04 Å². The SMILES string of the molecule is O=C(O)CCCC(=O)NC(CC1=CCCC=N1)C(=O)O. The molecule has 110 valence electrons. The summed E-state index contributed by atoms with van der Waals surface area (Å²) in [5.74, 6) is -2.56. The van der Waals surface area contributed by atoms with Gasteiger partial charge in [0.05, 0.1) is 0 Å². The number of carbonyl (C=O) groups is 3. The van der Waals surface area contributed by atoms with Crippen LogP contribution in [0.25, 0.3) is 0 Å². The molecule has 0 aliphatic carbocycles. The summed E-state index contributed by atoms with van der Waals surface area (Å²) < 4.78 is 0. The molecule has 7 heteroatoms. The second-order valence-electron chi connectivity index (χ2n) is 4.49. The number of hydrogen-bond donors (Lipinski definition) is 3. The minimum Gasteiger partial charge on any atom is -0.481 e. The van der Waals surface area contributed by atoms with Crippen molar-refractivity contribution in [2.45, 2.75) is 44.6 Å². The van der Waals surface area contributed by atoms with Gasteiger partial charge in [-0.25, -0.2) is 4.79 Å². The van der Waals surface area contributed by atoms with Gasteiger partial charge in [0.2, 0.25) is 5.91 Å². The molecule has 0 aromatic carbocycles. The first-order valence-electron chi connectivity index (χ1n) is 6.44. The Morgan fingerprint density at radius 2 is 2.00 bits per heavy atom. The molecule has 1 rings (SSSR count). The monoisotopic (exact) mass is 282 g/mol. The summed E-state index contributed by atoms with van der Waals surface area (Å²) in [5.41, 5.74) is 0.648. The molecule has 1 heterocycles. The van der Waals surface area contributed by atoms with Crippen molar-refractivity contribution in [2.75, 3.05) is 0 Å². The van der Waals surface area contributed by atoms with E-state index >= 15 is 0 Å².